The molecule has 0 aliphatic rings. The summed E-state index contributed by atoms with van der Waals surface area (Å²) in [5.74, 6) is -4.83. The van der Waals surface area contributed by atoms with Gasteiger partial charge < -0.3 is 0 Å². The van der Waals surface area contributed by atoms with E-state index < -0.39 is 17.7 Å². The number of halogens is 5. The van der Waals surface area contributed by atoms with Gasteiger partial charge in [0.15, 0.2) is 0 Å². The Labute approximate surface area is 77.4 Å². The molecule has 5 heteroatoms. The van der Waals surface area contributed by atoms with Gasteiger partial charge >= 0.3 is 12.1 Å². The quantitative estimate of drug-likeness (QED) is 0.620. The number of benzene rings is 1. The molecule has 0 fully saturated rings. The highest BCUT2D eigenvalue weighted by molar-refractivity contribution is 5.28. The first-order valence-electron chi connectivity index (χ1n) is 3.55. The topological polar surface area (TPSA) is 0 Å². The fourth-order valence-corrected chi connectivity index (χ4v) is 0.856. The van der Waals surface area contributed by atoms with Gasteiger partial charge in [-0.1, -0.05) is 24.3 Å². The molecule has 0 aliphatic heterocycles. The first-order chi connectivity index (χ1) is 6.25. The van der Waals surface area contributed by atoms with Crippen LogP contribution in [0.1, 0.15) is 11.1 Å². The zero-order valence-corrected chi connectivity index (χ0v) is 6.78. The summed E-state index contributed by atoms with van der Waals surface area (Å²) in [5.41, 5.74) is -0.981. The smallest absolute Gasteiger partial charge is 0.191 e. The molecule has 0 amide bonds. The Morgan fingerprint density at radius 3 is 1.64 bits per heavy atom. The van der Waals surface area contributed by atoms with Crippen LogP contribution in [0.3, 0.4) is 0 Å². The van der Waals surface area contributed by atoms with Crippen molar-refractivity contribution in [1.82, 2.24) is 0 Å². The second-order valence-electron chi connectivity index (χ2n) is 2.69. The maximum Gasteiger partial charge on any atom is 0.458 e. The van der Waals surface area contributed by atoms with Crippen molar-refractivity contribution in [2.24, 2.45) is 0 Å². The maximum atomic E-state index is 12.6. The molecule has 0 saturated carbocycles. The van der Waals surface area contributed by atoms with Crippen molar-refractivity contribution < 1.29 is 22.0 Å². The summed E-state index contributed by atoms with van der Waals surface area (Å²) in [7, 11) is 0. The molecule has 0 unspecified atom stereocenters. The fraction of sp³-hybridized carbons (Fsp3) is 0.222. The van der Waals surface area contributed by atoms with Crippen LogP contribution in [-0.4, -0.2) is 6.18 Å². The highest BCUT2D eigenvalue weighted by atomic mass is 19.4. The molecule has 0 spiro atoms. The molecule has 1 aromatic rings. The van der Waals surface area contributed by atoms with E-state index in [0.29, 0.717) is 12.1 Å². The van der Waals surface area contributed by atoms with Gasteiger partial charge in [-0.05, 0) is 12.5 Å². The minimum absolute atomic E-state index is 0.131. The molecule has 0 heterocycles. The Morgan fingerprint density at radius 1 is 0.857 bits per heavy atom. The van der Waals surface area contributed by atoms with Crippen LogP contribution >= 0.6 is 0 Å². The first-order valence-corrected chi connectivity index (χ1v) is 3.55. The predicted octanol–water partition coefficient (Wildman–Crippen LogP) is 3.40. The lowest BCUT2D eigenvalue weighted by molar-refractivity contribution is -0.289. The summed E-state index contributed by atoms with van der Waals surface area (Å²) < 4.78 is 60.8. The van der Waals surface area contributed by atoms with Gasteiger partial charge in [0, 0.05) is 5.56 Å². The number of hydrogen-bond donors (Lipinski definition) is 0. The third-order valence-corrected chi connectivity index (χ3v) is 1.63. The monoisotopic (exact) mass is 208 g/mol. The summed E-state index contributed by atoms with van der Waals surface area (Å²) in [6.45, 7) is 5.15. The minimum Gasteiger partial charge on any atom is -0.191 e. The molecule has 0 N–H and O–H groups in total. The molecular formula is C9H5F5. The summed E-state index contributed by atoms with van der Waals surface area (Å²) in [5, 5.41) is 0. The van der Waals surface area contributed by atoms with Crippen LogP contribution < -0.4 is 0 Å². The van der Waals surface area contributed by atoms with Crippen molar-refractivity contribution in [3.8, 4) is 0 Å². The lowest BCUT2D eigenvalue weighted by atomic mass is 10.1. The van der Waals surface area contributed by atoms with Crippen LogP contribution in [0.15, 0.2) is 24.3 Å². The van der Waals surface area contributed by atoms with Crippen LogP contribution in [0, 0.1) is 6.92 Å². The fourth-order valence-electron chi connectivity index (χ4n) is 0.856. The first kappa shape index (κ1) is 10.9. The zero-order chi connectivity index (χ0) is 11.0. The summed E-state index contributed by atoms with van der Waals surface area (Å²) in [6, 6.07) is 3.30. The molecule has 76 valence electrons. The lowest BCUT2D eigenvalue weighted by Crippen LogP contribution is -2.33. The van der Waals surface area contributed by atoms with Gasteiger partial charge in [0.1, 0.15) is 0 Å². The van der Waals surface area contributed by atoms with E-state index in [1.165, 1.54) is 0 Å². The van der Waals surface area contributed by atoms with Crippen LogP contribution in [0.5, 0.6) is 0 Å². The average molecular weight is 208 g/mol. The Kier molecular flexibility index (Phi) is 2.52. The third kappa shape index (κ3) is 1.86. The van der Waals surface area contributed by atoms with Gasteiger partial charge in [0.2, 0.25) is 0 Å². The van der Waals surface area contributed by atoms with Gasteiger partial charge in [-0.25, -0.2) is 0 Å². The maximum absolute atomic E-state index is 12.6. The molecular weight excluding hydrogens is 203 g/mol. The molecule has 1 aromatic carbocycles. The van der Waals surface area contributed by atoms with E-state index in [1.54, 1.807) is 0 Å². The van der Waals surface area contributed by atoms with Crippen molar-refractivity contribution in [2.75, 3.05) is 0 Å². The molecule has 2 radical (unpaired) electrons. The van der Waals surface area contributed by atoms with E-state index in [9.17, 15) is 22.0 Å². The average Bonchev–Trinajstić information content (AvgIpc) is 2.03. The Balaban J connectivity index is 3.10. The van der Waals surface area contributed by atoms with Crippen LogP contribution in [0.25, 0.3) is 0 Å². The van der Waals surface area contributed by atoms with Crippen molar-refractivity contribution in [3.63, 3.8) is 0 Å². The minimum atomic E-state index is -5.58. The Hall–Kier alpha value is -1.13. The van der Waals surface area contributed by atoms with Gasteiger partial charge in [0.25, 0.3) is 0 Å². The van der Waals surface area contributed by atoms with Crippen LogP contribution in [0.4, 0.5) is 22.0 Å². The molecule has 14 heavy (non-hydrogen) atoms. The van der Waals surface area contributed by atoms with Gasteiger partial charge in [-0.15, -0.1) is 0 Å². The predicted molar refractivity (Wildman–Crippen MR) is 39.8 cm³/mol. The number of rotatable bonds is 1. The van der Waals surface area contributed by atoms with Gasteiger partial charge in [-0.2, -0.15) is 22.0 Å². The van der Waals surface area contributed by atoms with Crippen LogP contribution in [-0.2, 0) is 5.92 Å². The second kappa shape index (κ2) is 3.22. The molecule has 0 aliphatic carbocycles. The van der Waals surface area contributed by atoms with Crippen molar-refractivity contribution in [1.29, 1.82) is 0 Å². The highest BCUT2D eigenvalue weighted by Gasteiger charge is 2.58. The number of hydrogen-bond acceptors (Lipinski definition) is 0. The van der Waals surface area contributed by atoms with Crippen LogP contribution in [0.2, 0.25) is 0 Å². The largest absolute Gasteiger partial charge is 0.458 e. The Morgan fingerprint density at radius 2 is 1.29 bits per heavy atom. The van der Waals surface area contributed by atoms with E-state index in [2.05, 4.69) is 0 Å². The SMILES string of the molecule is [CH]c1ccc(C(F)(F)C(F)(F)F)cc1. The third-order valence-electron chi connectivity index (χ3n) is 1.63. The molecule has 0 bridgehead atoms. The van der Waals surface area contributed by atoms with Crippen molar-refractivity contribution in [3.05, 3.63) is 42.3 Å². The highest BCUT2D eigenvalue weighted by Crippen LogP contribution is 2.43. The van der Waals surface area contributed by atoms with Crippen molar-refractivity contribution in [2.45, 2.75) is 12.1 Å². The summed E-state index contributed by atoms with van der Waals surface area (Å²) >= 11 is 0. The van der Waals surface area contributed by atoms with Gasteiger partial charge in [0.05, 0.1) is 0 Å². The van der Waals surface area contributed by atoms with Crippen molar-refractivity contribution >= 4 is 0 Å². The summed E-state index contributed by atoms with van der Waals surface area (Å²) in [4.78, 5) is 0. The van der Waals surface area contributed by atoms with E-state index in [1.807, 2.05) is 0 Å². The molecule has 1 rings (SSSR count). The summed E-state index contributed by atoms with van der Waals surface area (Å²) in [6.07, 6.45) is -5.58. The molecule has 0 saturated heterocycles. The molecule has 0 aromatic heterocycles. The van der Waals surface area contributed by atoms with E-state index >= 15 is 0 Å². The normalized spacial score (nSPS) is 13.0. The zero-order valence-electron chi connectivity index (χ0n) is 6.78. The molecule has 0 atom stereocenters. The Bertz CT molecular complexity index is 309. The van der Waals surface area contributed by atoms with Gasteiger partial charge in [-0.3, -0.25) is 0 Å². The van der Waals surface area contributed by atoms with E-state index in [-0.39, 0.29) is 5.56 Å². The number of alkyl halides is 5. The molecule has 0 nitrogen and oxygen atoms in total. The van der Waals surface area contributed by atoms with E-state index in [0.717, 1.165) is 12.1 Å². The second-order valence-corrected chi connectivity index (χ2v) is 2.69. The lowest BCUT2D eigenvalue weighted by Gasteiger charge is -2.19. The standard InChI is InChI=1S/C9H5F5/c1-6-2-4-7(5-3-6)8(10,11)9(12,13)14/h1-5H. The van der Waals surface area contributed by atoms with E-state index in [4.69, 9.17) is 6.92 Å².